The lowest BCUT2D eigenvalue weighted by Crippen LogP contribution is -2.24. The van der Waals surface area contributed by atoms with E-state index in [1.807, 2.05) is 0 Å². The molecule has 1 amide bonds. The number of rotatable bonds is 7. The summed E-state index contributed by atoms with van der Waals surface area (Å²) in [7, 11) is 3.12. The van der Waals surface area contributed by atoms with Gasteiger partial charge in [0.15, 0.2) is 6.61 Å². The zero-order chi connectivity index (χ0) is 17.4. The van der Waals surface area contributed by atoms with Gasteiger partial charge >= 0.3 is 0 Å². The van der Waals surface area contributed by atoms with Crippen LogP contribution in [0.3, 0.4) is 0 Å². The van der Waals surface area contributed by atoms with Crippen molar-refractivity contribution in [1.29, 1.82) is 0 Å². The molecule has 0 aromatic heterocycles. The van der Waals surface area contributed by atoms with Crippen LogP contribution in [0, 0.1) is 0 Å². The zero-order valence-corrected chi connectivity index (χ0v) is 14.0. The van der Waals surface area contributed by atoms with Crippen molar-refractivity contribution in [3.63, 3.8) is 0 Å². The fourth-order valence-corrected chi connectivity index (χ4v) is 2.03. The summed E-state index contributed by atoms with van der Waals surface area (Å²) in [6.45, 7) is -0.174. The second kappa shape index (κ2) is 8.79. The van der Waals surface area contributed by atoms with E-state index in [9.17, 15) is 4.79 Å². The standard InChI is InChI=1S/C17H17ClN2O4/c1-22-14-6-7-16(23-2)12(8-14)10-19-20-17(21)11-24-15-5-3-4-13(18)9-15/h3-10H,11H2,1-2H3,(H,20,21). The lowest BCUT2D eigenvalue weighted by atomic mass is 10.2. The van der Waals surface area contributed by atoms with Crippen molar-refractivity contribution in [2.45, 2.75) is 0 Å². The molecule has 126 valence electrons. The van der Waals surface area contributed by atoms with Gasteiger partial charge in [0, 0.05) is 10.6 Å². The minimum atomic E-state index is -0.395. The molecule has 2 aromatic rings. The SMILES string of the molecule is COc1ccc(OC)c(C=NNC(=O)COc2cccc(Cl)c2)c1. The Morgan fingerprint density at radius 1 is 1.17 bits per heavy atom. The lowest BCUT2D eigenvalue weighted by molar-refractivity contribution is -0.123. The first kappa shape index (κ1) is 17.6. The van der Waals surface area contributed by atoms with Crippen LogP contribution >= 0.6 is 11.6 Å². The number of amides is 1. The van der Waals surface area contributed by atoms with E-state index in [2.05, 4.69) is 10.5 Å². The zero-order valence-electron chi connectivity index (χ0n) is 13.3. The van der Waals surface area contributed by atoms with Crippen molar-refractivity contribution in [3.8, 4) is 17.2 Å². The molecule has 0 aliphatic heterocycles. The summed E-state index contributed by atoms with van der Waals surface area (Å²) in [5, 5.41) is 4.43. The van der Waals surface area contributed by atoms with Crippen LogP contribution in [0.2, 0.25) is 5.02 Å². The van der Waals surface area contributed by atoms with Gasteiger partial charge in [-0.15, -0.1) is 0 Å². The van der Waals surface area contributed by atoms with Gasteiger partial charge in [0.05, 0.1) is 20.4 Å². The molecule has 0 saturated heterocycles. The summed E-state index contributed by atoms with van der Waals surface area (Å²) in [6, 6.07) is 12.1. The number of nitrogens with one attached hydrogen (secondary N) is 1. The molecule has 0 spiro atoms. The van der Waals surface area contributed by atoms with Crippen molar-refractivity contribution in [3.05, 3.63) is 53.1 Å². The van der Waals surface area contributed by atoms with Crippen LogP contribution in [0.1, 0.15) is 5.56 Å². The highest BCUT2D eigenvalue weighted by atomic mass is 35.5. The fourth-order valence-electron chi connectivity index (χ4n) is 1.85. The quantitative estimate of drug-likeness (QED) is 0.617. The Bertz CT molecular complexity index is 734. The number of carbonyl (C=O) groups excluding carboxylic acids is 1. The smallest absolute Gasteiger partial charge is 0.277 e. The fraction of sp³-hybridized carbons (Fsp3) is 0.176. The van der Waals surface area contributed by atoms with E-state index >= 15 is 0 Å². The van der Waals surface area contributed by atoms with Crippen LogP contribution in [0.15, 0.2) is 47.6 Å². The summed E-state index contributed by atoms with van der Waals surface area (Å²) >= 11 is 5.84. The Balaban J connectivity index is 1.90. The largest absolute Gasteiger partial charge is 0.497 e. The second-order valence-electron chi connectivity index (χ2n) is 4.65. The number of halogens is 1. The molecule has 24 heavy (non-hydrogen) atoms. The molecule has 0 aliphatic rings. The highest BCUT2D eigenvalue weighted by molar-refractivity contribution is 6.30. The Morgan fingerprint density at radius 3 is 2.71 bits per heavy atom. The van der Waals surface area contributed by atoms with E-state index in [1.54, 1.807) is 56.7 Å². The molecular weight excluding hydrogens is 332 g/mol. The maximum Gasteiger partial charge on any atom is 0.277 e. The second-order valence-corrected chi connectivity index (χ2v) is 5.08. The number of hydrogen-bond donors (Lipinski definition) is 1. The summed E-state index contributed by atoms with van der Waals surface area (Å²) < 4.78 is 15.7. The van der Waals surface area contributed by atoms with Crippen molar-refractivity contribution in [1.82, 2.24) is 5.43 Å². The van der Waals surface area contributed by atoms with Crippen molar-refractivity contribution < 1.29 is 19.0 Å². The molecule has 0 bridgehead atoms. The van der Waals surface area contributed by atoms with Gasteiger partial charge in [-0.25, -0.2) is 5.43 Å². The minimum Gasteiger partial charge on any atom is -0.497 e. The predicted octanol–water partition coefficient (Wildman–Crippen LogP) is 2.89. The molecule has 0 radical (unpaired) electrons. The van der Waals surface area contributed by atoms with Gasteiger partial charge in [-0.3, -0.25) is 4.79 Å². The van der Waals surface area contributed by atoms with E-state index < -0.39 is 5.91 Å². The summed E-state index contributed by atoms with van der Waals surface area (Å²) in [5.74, 6) is 1.39. The summed E-state index contributed by atoms with van der Waals surface area (Å²) in [5.41, 5.74) is 3.05. The molecule has 0 atom stereocenters. The van der Waals surface area contributed by atoms with Gasteiger partial charge in [0.25, 0.3) is 5.91 Å². The molecule has 0 fully saturated rings. The first-order valence-electron chi connectivity index (χ1n) is 7.04. The van der Waals surface area contributed by atoms with E-state index in [0.717, 1.165) is 0 Å². The van der Waals surface area contributed by atoms with Crippen LogP contribution in [0.25, 0.3) is 0 Å². The van der Waals surface area contributed by atoms with Gasteiger partial charge in [-0.05, 0) is 36.4 Å². The van der Waals surface area contributed by atoms with E-state index in [-0.39, 0.29) is 6.61 Å². The van der Waals surface area contributed by atoms with Crippen LogP contribution in [0.5, 0.6) is 17.2 Å². The molecular formula is C17H17ClN2O4. The number of carbonyl (C=O) groups is 1. The van der Waals surface area contributed by atoms with Crippen molar-refractivity contribution >= 4 is 23.7 Å². The van der Waals surface area contributed by atoms with Gasteiger partial charge in [-0.2, -0.15) is 5.10 Å². The average Bonchev–Trinajstić information content (AvgIpc) is 2.60. The van der Waals surface area contributed by atoms with Gasteiger partial charge in [0.1, 0.15) is 17.2 Å². The molecule has 1 N–H and O–H groups in total. The molecule has 2 rings (SSSR count). The number of methoxy groups -OCH3 is 2. The highest BCUT2D eigenvalue weighted by Gasteiger charge is 2.04. The first-order chi connectivity index (χ1) is 11.6. The van der Waals surface area contributed by atoms with Crippen molar-refractivity contribution in [2.75, 3.05) is 20.8 Å². The van der Waals surface area contributed by atoms with Gasteiger partial charge < -0.3 is 14.2 Å². The normalized spacial score (nSPS) is 10.5. The molecule has 0 aliphatic carbocycles. The lowest BCUT2D eigenvalue weighted by Gasteiger charge is -2.07. The summed E-state index contributed by atoms with van der Waals surface area (Å²) in [6.07, 6.45) is 1.47. The topological polar surface area (TPSA) is 69.2 Å². The summed E-state index contributed by atoms with van der Waals surface area (Å²) in [4.78, 5) is 11.7. The monoisotopic (exact) mass is 348 g/mol. The molecule has 2 aromatic carbocycles. The Kier molecular flexibility index (Phi) is 6.45. The van der Waals surface area contributed by atoms with Crippen molar-refractivity contribution in [2.24, 2.45) is 5.10 Å². The number of hydrazone groups is 1. The molecule has 0 unspecified atom stereocenters. The van der Waals surface area contributed by atoms with Crippen LogP contribution in [0.4, 0.5) is 0 Å². The van der Waals surface area contributed by atoms with Crippen LogP contribution in [-0.4, -0.2) is 32.9 Å². The first-order valence-corrected chi connectivity index (χ1v) is 7.42. The third-order valence-electron chi connectivity index (χ3n) is 3.00. The Morgan fingerprint density at radius 2 is 2.00 bits per heavy atom. The predicted molar refractivity (Wildman–Crippen MR) is 92.2 cm³/mol. The third kappa shape index (κ3) is 5.17. The van der Waals surface area contributed by atoms with E-state index in [0.29, 0.717) is 27.8 Å². The molecule has 6 nitrogen and oxygen atoms in total. The molecule has 0 saturated carbocycles. The van der Waals surface area contributed by atoms with Crippen LogP contribution < -0.4 is 19.6 Å². The van der Waals surface area contributed by atoms with E-state index in [4.69, 9.17) is 25.8 Å². The van der Waals surface area contributed by atoms with Gasteiger partial charge in [-0.1, -0.05) is 17.7 Å². The number of hydrogen-bond acceptors (Lipinski definition) is 5. The van der Waals surface area contributed by atoms with E-state index in [1.165, 1.54) is 6.21 Å². The van der Waals surface area contributed by atoms with Crippen LogP contribution in [-0.2, 0) is 4.79 Å². The Labute approximate surface area is 145 Å². The minimum absolute atomic E-state index is 0.174. The number of ether oxygens (including phenoxy) is 3. The number of benzene rings is 2. The van der Waals surface area contributed by atoms with Gasteiger partial charge in [0.2, 0.25) is 0 Å². The third-order valence-corrected chi connectivity index (χ3v) is 3.23. The maximum atomic E-state index is 11.7. The number of nitrogens with zero attached hydrogens (tertiary/aromatic N) is 1. The molecule has 7 heteroatoms. The maximum absolute atomic E-state index is 11.7. The average molecular weight is 349 g/mol. The highest BCUT2D eigenvalue weighted by Crippen LogP contribution is 2.22. The Hall–Kier alpha value is -2.73. The molecule has 0 heterocycles.